The van der Waals surface area contributed by atoms with Crippen molar-refractivity contribution >= 4 is 16.9 Å². The minimum Gasteiger partial charge on any atom is -0.493 e. The number of aromatic nitrogens is 2. The van der Waals surface area contributed by atoms with E-state index >= 15 is 0 Å². The summed E-state index contributed by atoms with van der Waals surface area (Å²) in [4.78, 5) is 17.3. The van der Waals surface area contributed by atoms with Crippen LogP contribution in [0.1, 0.15) is 18.3 Å². The largest absolute Gasteiger partial charge is 0.493 e. The van der Waals surface area contributed by atoms with Gasteiger partial charge < -0.3 is 19.4 Å². The Balaban J connectivity index is 1.38. The molecule has 0 spiro atoms. The van der Waals surface area contributed by atoms with Crippen LogP contribution >= 0.6 is 0 Å². The number of methoxy groups -OCH3 is 1. The van der Waals surface area contributed by atoms with Crippen molar-refractivity contribution in [1.82, 2.24) is 14.9 Å². The summed E-state index contributed by atoms with van der Waals surface area (Å²) in [5, 5.41) is 3.05. The van der Waals surface area contributed by atoms with E-state index in [1.807, 2.05) is 36.4 Å². The van der Waals surface area contributed by atoms with Gasteiger partial charge in [0.25, 0.3) is 0 Å². The van der Waals surface area contributed by atoms with Gasteiger partial charge in [0, 0.05) is 19.5 Å². The van der Waals surface area contributed by atoms with Crippen molar-refractivity contribution in [3.8, 4) is 11.5 Å². The van der Waals surface area contributed by atoms with E-state index in [4.69, 9.17) is 14.5 Å². The maximum Gasteiger partial charge on any atom is 0.226 e. The normalized spacial score (nSPS) is 15.7. The van der Waals surface area contributed by atoms with Crippen LogP contribution in [0.25, 0.3) is 11.0 Å². The zero-order valence-corrected chi connectivity index (χ0v) is 16.3. The van der Waals surface area contributed by atoms with E-state index in [1.165, 1.54) is 0 Å². The lowest BCUT2D eigenvalue weighted by molar-refractivity contribution is -0.126. The lowest BCUT2D eigenvalue weighted by atomic mass is 9.95. The van der Waals surface area contributed by atoms with Gasteiger partial charge in [-0.1, -0.05) is 24.3 Å². The fraction of sp³-hybridized carbons (Fsp3) is 0.364. The molecule has 0 saturated heterocycles. The number of para-hydroxylation sites is 3. The summed E-state index contributed by atoms with van der Waals surface area (Å²) >= 11 is 0. The first-order chi connectivity index (χ1) is 13.7. The molecule has 0 fully saturated rings. The molecule has 3 aromatic rings. The Morgan fingerprint density at radius 2 is 2.14 bits per heavy atom. The number of nitrogens with one attached hydrogen (secondary N) is 1. The first-order valence-electron chi connectivity index (χ1n) is 9.71. The second kappa shape index (κ2) is 7.92. The first-order valence-corrected chi connectivity index (χ1v) is 9.71. The fourth-order valence-electron chi connectivity index (χ4n) is 3.83. The molecule has 1 N–H and O–H groups in total. The highest BCUT2D eigenvalue weighted by molar-refractivity contribution is 5.80. The lowest BCUT2D eigenvalue weighted by Gasteiger charge is -2.25. The topological polar surface area (TPSA) is 65.4 Å². The van der Waals surface area contributed by atoms with E-state index in [0.29, 0.717) is 26.0 Å². The van der Waals surface area contributed by atoms with Crippen molar-refractivity contribution in [2.24, 2.45) is 5.92 Å². The van der Waals surface area contributed by atoms with Gasteiger partial charge in [-0.05, 0) is 37.1 Å². The third kappa shape index (κ3) is 3.42. The molecule has 6 nitrogen and oxygen atoms in total. The van der Waals surface area contributed by atoms with Gasteiger partial charge in [0.15, 0.2) is 11.5 Å². The summed E-state index contributed by atoms with van der Waals surface area (Å²) in [5.74, 6) is 2.30. The Morgan fingerprint density at radius 3 is 2.96 bits per heavy atom. The number of ether oxygens (including phenoxy) is 2. The fourth-order valence-corrected chi connectivity index (χ4v) is 3.83. The zero-order chi connectivity index (χ0) is 19.5. The van der Waals surface area contributed by atoms with E-state index in [9.17, 15) is 4.79 Å². The molecule has 2 aromatic carbocycles. The minimum atomic E-state index is -0.190. The molecule has 146 valence electrons. The maximum atomic E-state index is 12.6. The van der Waals surface area contributed by atoms with E-state index in [2.05, 4.69) is 22.9 Å². The number of aryl methyl sites for hydroxylation is 1. The highest BCUT2D eigenvalue weighted by Gasteiger charge is 2.27. The van der Waals surface area contributed by atoms with Gasteiger partial charge in [0.2, 0.25) is 5.91 Å². The second-order valence-corrected chi connectivity index (χ2v) is 6.96. The quantitative estimate of drug-likeness (QED) is 0.715. The van der Waals surface area contributed by atoms with Crippen molar-refractivity contribution in [1.29, 1.82) is 0 Å². The molecule has 1 aliphatic heterocycles. The molecule has 1 amide bonds. The molecule has 1 atom stereocenters. The third-order valence-electron chi connectivity index (χ3n) is 5.24. The first kappa shape index (κ1) is 18.3. The number of fused-ring (bicyclic) bond motifs is 2. The van der Waals surface area contributed by atoms with Crippen LogP contribution in [0.2, 0.25) is 0 Å². The number of carbonyl (C=O) groups is 1. The van der Waals surface area contributed by atoms with Crippen LogP contribution in [-0.4, -0.2) is 35.7 Å². The molecular weight excluding hydrogens is 354 g/mol. The number of hydrogen-bond acceptors (Lipinski definition) is 4. The zero-order valence-electron chi connectivity index (χ0n) is 16.3. The number of nitrogens with zero attached hydrogens (tertiary/aromatic N) is 2. The van der Waals surface area contributed by atoms with Gasteiger partial charge in [0.1, 0.15) is 12.4 Å². The van der Waals surface area contributed by atoms with Crippen LogP contribution in [0.4, 0.5) is 0 Å². The van der Waals surface area contributed by atoms with E-state index < -0.39 is 0 Å². The molecule has 0 aliphatic carbocycles. The number of amides is 1. The van der Waals surface area contributed by atoms with E-state index in [0.717, 1.165) is 40.5 Å². The smallest absolute Gasteiger partial charge is 0.226 e. The molecule has 6 heteroatoms. The maximum absolute atomic E-state index is 12.6. The van der Waals surface area contributed by atoms with Crippen molar-refractivity contribution < 1.29 is 14.3 Å². The van der Waals surface area contributed by atoms with Crippen molar-refractivity contribution in [2.45, 2.75) is 26.3 Å². The molecule has 1 aromatic heterocycles. The summed E-state index contributed by atoms with van der Waals surface area (Å²) in [6, 6.07) is 13.9. The Morgan fingerprint density at radius 1 is 1.29 bits per heavy atom. The van der Waals surface area contributed by atoms with Gasteiger partial charge in [0.05, 0.1) is 24.1 Å². The van der Waals surface area contributed by atoms with Crippen molar-refractivity contribution in [2.75, 3.05) is 20.3 Å². The van der Waals surface area contributed by atoms with Gasteiger partial charge in [-0.2, -0.15) is 0 Å². The molecule has 0 saturated carbocycles. The molecule has 2 heterocycles. The average molecular weight is 379 g/mol. The monoisotopic (exact) mass is 379 g/mol. The minimum absolute atomic E-state index is 0.0210. The Kier molecular flexibility index (Phi) is 5.19. The molecule has 0 bridgehead atoms. The Labute approximate surface area is 164 Å². The summed E-state index contributed by atoms with van der Waals surface area (Å²) < 4.78 is 13.4. The molecule has 28 heavy (non-hydrogen) atoms. The van der Waals surface area contributed by atoms with E-state index in [-0.39, 0.29) is 11.8 Å². The van der Waals surface area contributed by atoms with Crippen molar-refractivity contribution in [3.63, 3.8) is 0 Å². The van der Waals surface area contributed by atoms with Gasteiger partial charge in [-0.3, -0.25) is 4.79 Å². The summed E-state index contributed by atoms with van der Waals surface area (Å²) in [6.07, 6.45) is 1.36. The summed E-state index contributed by atoms with van der Waals surface area (Å²) in [6.45, 7) is 3.90. The van der Waals surface area contributed by atoms with Gasteiger partial charge in [-0.15, -0.1) is 0 Å². The van der Waals surface area contributed by atoms with Crippen molar-refractivity contribution in [3.05, 3.63) is 53.9 Å². The molecule has 0 radical (unpaired) electrons. The lowest BCUT2D eigenvalue weighted by Crippen LogP contribution is -2.38. The van der Waals surface area contributed by atoms with E-state index in [1.54, 1.807) is 7.11 Å². The average Bonchev–Trinajstić information content (AvgIpc) is 3.10. The predicted molar refractivity (Wildman–Crippen MR) is 108 cm³/mol. The number of carbonyl (C=O) groups excluding carboxylic acids is 1. The third-order valence-corrected chi connectivity index (χ3v) is 5.24. The highest BCUT2D eigenvalue weighted by atomic mass is 16.5. The number of rotatable bonds is 6. The van der Waals surface area contributed by atoms with Gasteiger partial charge >= 0.3 is 0 Å². The molecule has 0 unspecified atom stereocenters. The van der Waals surface area contributed by atoms with Crippen LogP contribution in [0.5, 0.6) is 11.5 Å². The molecule has 1 aliphatic rings. The predicted octanol–water partition coefficient (Wildman–Crippen LogP) is 2.97. The van der Waals surface area contributed by atoms with Crippen LogP contribution < -0.4 is 14.8 Å². The molecule has 4 rings (SSSR count). The second-order valence-electron chi connectivity index (χ2n) is 6.96. The van der Waals surface area contributed by atoms with Crippen LogP contribution in [0.15, 0.2) is 42.5 Å². The summed E-state index contributed by atoms with van der Waals surface area (Å²) in [5.41, 5.74) is 3.15. The molecular formula is C22H25N3O3. The highest BCUT2D eigenvalue weighted by Crippen LogP contribution is 2.36. The van der Waals surface area contributed by atoms with Crippen LogP contribution in [0.3, 0.4) is 0 Å². The van der Waals surface area contributed by atoms with Crippen LogP contribution in [0, 0.1) is 5.92 Å². The number of hydrogen-bond donors (Lipinski definition) is 1. The van der Waals surface area contributed by atoms with Gasteiger partial charge in [-0.25, -0.2) is 4.98 Å². The van der Waals surface area contributed by atoms with Crippen LogP contribution in [-0.2, 0) is 24.2 Å². The standard InChI is InChI=1S/C22H25N3O3/c1-3-25-18-9-5-4-8-17(18)24-20(25)11-12-23-22(26)16-13-15-7-6-10-19(27-2)21(15)28-14-16/h4-10,16H,3,11-14H2,1-2H3,(H,23,26)/t16-/m1/s1. The summed E-state index contributed by atoms with van der Waals surface area (Å²) in [7, 11) is 1.63. The number of benzene rings is 2. The number of imidazole rings is 1. The SMILES string of the molecule is CCn1c(CCNC(=O)[C@H]2COc3c(cccc3OC)C2)nc2ccccc21. The Hall–Kier alpha value is -3.02. The Bertz CT molecular complexity index is 996.